The van der Waals surface area contributed by atoms with Gasteiger partial charge in [-0.25, -0.2) is 0 Å². The number of nitrogens with zero attached hydrogens (tertiary/aromatic N) is 3. The van der Waals surface area contributed by atoms with Crippen LogP contribution in [0.15, 0.2) is 53.5 Å². The summed E-state index contributed by atoms with van der Waals surface area (Å²) in [5.41, 5.74) is 1.85. The number of hydrogen-bond donors (Lipinski definition) is 0. The Morgan fingerprint density at radius 3 is 2.59 bits per heavy atom. The lowest BCUT2D eigenvalue weighted by atomic mass is 10.1. The first-order valence-electron chi connectivity index (χ1n) is 8.21. The Hall–Kier alpha value is -2.77. The number of rotatable bonds is 4. The molecule has 0 atom stereocenters. The zero-order chi connectivity index (χ0) is 19.6. The van der Waals surface area contributed by atoms with Crippen molar-refractivity contribution in [2.75, 3.05) is 0 Å². The fourth-order valence-corrected chi connectivity index (χ4v) is 4.05. The molecule has 0 aliphatic carbocycles. The minimum atomic E-state index is -0.605. The number of non-ortho nitro benzene ring substituents is 1. The maximum atomic E-state index is 12.7. The van der Waals surface area contributed by atoms with Gasteiger partial charge in [0, 0.05) is 23.6 Å². The van der Waals surface area contributed by atoms with Crippen molar-refractivity contribution in [2.45, 2.75) is 20.4 Å². The van der Waals surface area contributed by atoms with Gasteiger partial charge in [0.2, 0.25) is 0 Å². The van der Waals surface area contributed by atoms with E-state index in [0.717, 1.165) is 22.2 Å². The van der Waals surface area contributed by atoms with E-state index in [-0.39, 0.29) is 16.3 Å². The number of carbonyl (C=O) groups is 1. The van der Waals surface area contributed by atoms with E-state index in [0.29, 0.717) is 11.3 Å². The van der Waals surface area contributed by atoms with Gasteiger partial charge in [-0.05, 0) is 25.5 Å². The third-order valence-corrected chi connectivity index (χ3v) is 5.35. The maximum absolute atomic E-state index is 12.7. The van der Waals surface area contributed by atoms with Gasteiger partial charge in [-0.15, -0.1) is 11.3 Å². The number of aromatic nitrogens is 1. The third-order valence-electron chi connectivity index (χ3n) is 4.03. The lowest BCUT2D eigenvalue weighted by Gasteiger charge is -2.07. The van der Waals surface area contributed by atoms with E-state index >= 15 is 0 Å². The lowest BCUT2D eigenvalue weighted by molar-refractivity contribution is -0.384. The highest BCUT2D eigenvalue weighted by molar-refractivity contribution is 7.09. The standard InChI is InChI=1S/C19H16ClN3O3S/c1-3-22-17(13-7-5-4-6-8-13)12(2)27-19(22)21-18(24)15-11-14(23(25)26)9-10-16(15)20/h4-11H,3H2,1-2H3. The van der Waals surface area contributed by atoms with E-state index in [2.05, 4.69) is 4.99 Å². The Kier molecular flexibility index (Phi) is 5.53. The second-order valence-corrected chi connectivity index (χ2v) is 7.33. The molecule has 1 heterocycles. The lowest BCUT2D eigenvalue weighted by Crippen LogP contribution is -2.17. The van der Waals surface area contributed by atoms with E-state index < -0.39 is 10.8 Å². The summed E-state index contributed by atoms with van der Waals surface area (Å²) in [5.74, 6) is -0.605. The van der Waals surface area contributed by atoms with Crippen LogP contribution in [-0.4, -0.2) is 15.4 Å². The molecule has 0 aliphatic heterocycles. The molecule has 3 aromatic rings. The van der Waals surface area contributed by atoms with Crippen LogP contribution in [0.25, 0.3) is 11.3 Å². The topological polar surface area (TPSA) is 77.5 Å². The van der Waals surface area contributed by atoms with E-state index in [4.69, 9.17) is 11.6 Å². The van der Waals surface area contributed by atoms with Crippen LogP contribution in [-0.2, 0) is 6.54 Å². The van der Waals surface area contributed by atoms with Crippen molar-refractivity contribution in [2.24, 2.45) is 4.99 Å². The average molecular weight is 402 g/mol. The Morgan fingerprint density at radius 2 is 1.96 bits per heavy atom. The zero-order valence-corrected chi connectivity index (χ0v) is 16.3. The molecule has 0 aliphatic rings. The van der Waals surface area contributed by atoms with Crippen molar-refractivity contribution >= 4 is 34.5 Å². The molecule has 0 spiro atoms. The highest BCUT2D eigenvalue weighted by atomic mass is 35.5. The molecule has 0 fully saturated rings. The van der Waals surface area contributed by atoms with Crippen LogP contribution in [0.4, 0.5) is 5.69 Å². The molecule has 138 valence electrons. The number of hydrogen-bond acceptors (Lipinski definition) is 4. The summed E-state index contributed by atoms with van der Waals surface area (Å²) in [4.78, 5) is 28.8. The Balaban J connectivity index is 2.12. The van der Waals surface area contributed by atoms with Gasteiger partial charge in [0.05, 0.1) is 21.2 Å². The summed E-state index contributed by atoms with van der Waals surface area (Å²) in [6, 6.07) is 13.6. The Labute approximate surface area is 164 Å². The monoisotopic (exact) mass is 401 g/mol. The summed E-state index contributed by atoms with van der Waals surface area (Å²) < 4.78 is 1.96. The number of aryl methyl sites for hydroxylation is 1. The highest BCUT2D eigenvalue weighted by Gasteiger charge is 2.17. The molecule has 0 saturated heterocycles. The van der Waals surface area contributed by atoms with Gasteiger partial charge < -0.3 is 4.57 Å². The maximum Gasteiger partial charge on any atom is 0.281 e. The Morgan fingerprint density at radius 1 is 1.26 bits per heavy atom. The van der Waals surface area contributed by atoms with Gasteiger partial charge in [0.25, 0.3) is 11.6 Å². The third kappa shape index (κ3) is 3.84. The van der Waals surface area contributed by atoms with Crippen LogP contribution < -0.4 is 4.80 Å². The molecule has 0 bridgehead atoms. The molecule has 1 aromatic heterocycles. The van der Waals surface area contributed by atoms with Gasteiger partial charge in [-0.1, -0.05) is 41.9 Å². The molecular weight excluding hydrogens is 386 g/mol. The second kappa shape index (κ2) is 7.85. The molecular formula is C19H16ClN3O3S. The van der Waals surface area contributed by atoms with Crippen LogP contribution in [0.1, 0.15) is 22.2 Å². The smallest absolute Gasteiger partial charge is 0.281 e. The van der Waals surface area contributed by atoms with Crippen LogP contribution in [0.5, 0.6) is 0 Å². The summed E-state index contributed by atoms with van der Waals surface area (Å²) in [6.45, 7) is 4.58. The zero-order valence-electron chi connectivity index (χ0n) is 14.7. The summed E-state index contributed by atoms with van der Waals surface area (Å²) in [7, 11) is 0. The van der Waals surface area contributed by atoms with Crippen LogP contribution in [0.2, 0.25) is 5.02 Å². The number of halogens is 1. The quantitative estimate of drug-likeness (QED) is 0.463. The minimum absolute atomic E-state index is 0.0147. The van der Waals surface area contributed by atoms with E-state index in [9.17, 15) is 14.9 Å². The van der Waals surface area contributed by atoms with Gasteiger partial charge in [0.1, 0.15) is 0 Å². The number of amides is 1. The predicted molar refractivity (Wildman–Crippen MR) is 106 cm³/mol. The average Bonchev–Trinajstić information content (AvgIpc) is 2.97. The van der Waals surface area contributed by atoms with Crippen molar-refractivity contribution < 1.29 is 9.72 Å². The van der Waals surface area contributed by atoms with Crippen molar-refractivity contribution in [3.8, 4) is 11.3 Å². The van der Waals surface area contributed by atoms with Crippen molar-refractivity contribution in [1.82, 2.24) is 4.57 Å². The fraction of sp³-hybridized carbons (Fsp3) is 0.158. The van der Waals surface area contributed by atoms with E-state index in [1.165, 1.54) is 23.5 Å². The Bertz CT molecular complexity index is 1090. The first kappa shape index (κ1) is 19.0. The number of nitro groups is 1. The molecule has 3 rings (SSSR count). The normalized spacial score (nSPS) is 11.6. The molecule has 8 heteroatoms. The van der Waals surface area contributed by atoms with Crippen LogP contribution in [0.3, 0.4) is 0 Å². The fourth-order valence-electron chi connectivity index (χ4n) is 2.80. The van der Waals surface area contributed by atoms with Crippen molar-refractivity contribution in [1.29, 1.82) is 0 Å². The minimum Gasteiger partial charge on any atom is -0.316 e. The van der Waals surface area contributed by atoms with Crippen molar-refractivity contribution in [3.05, 3.63) is 78.9 Å². The number of benzene rings is 2. The van der Waals surface area contributed by atoms with Crippen LogP contribution >= 0.6 is 22.9 Å². The van der Waals surface area contributed by atoms with Gasteiger partial charge >= 0.3 is 0 Å². The van der Waals surface area contributed by atoms with Crippen LogP contribution in [0, 0.1) is 17.0 Å². The number of thiazole rings is 1. The first-order valence-corrected chi connectivity index (χ1v) is 9.40. The molecule has 1 amide bonds. The molecule has 27 heavy (non-hydrogen) atoms. The molecule has 2 aromatic carbocycles. The SMILES string of the molecule is CCn1c(-c2ccccc2)c(C)sc1=NC(=O)c1cc([N+](=O)[O-])ccc1Cl. The largest absolute Gasteiger partial charge is 0.316 e. The van der Waals surface area contributed by atoms with Gasteiger partial charge in [-0.3, -0.25) is 14.9 Å². The van der Waals surface area contributed by atoms with Crippen molar-refractivity contribution in [3.63, 3.8) is 0 Å². The molecule has 6 nitrogen and oxygen atoms in total. The van der Waals surface area contributed by atoms with Gasteiger partial charge in [0.15, 0.2) is 4.80 Å². The predicted octanol–water partition coefficient (Wildman–Crippen LogP) is 4.85. The first-order chi connectivity index (χ1) is 12.9. The summed E-state index contributed by atoms with van der Waals surface area (Å²) in [6.07, 6.45) is 0. The molecule has 0 N–H and O–H groups in total. The number of carbonyl (C=O) groups excluding carboxylic acids is 1. The van der Waals surface area contributed by atoms with E-state index in [1.807, 2.05) is 48.7 Å². The second-order valence-electron chi connectivity index (χ2n) is 5.74. The summed E-state index contributed by atoms with van der Waals surface area (Å²) >= 11 is 7.46. The van der Waals surface area contributed by atoms with E-state index in [1.54, 1.807) is 0 Å². The van der Waals surface area contributed by atoms with Gasteiger partial charge in [-0.2, -0.15) is 4.99 Å². The molecule has 0 unspecified atom stereocenters. The molecule has 0 saturated carbocycles. The number of nitro benzene ring substituents is 1. The summed E-state index contributed by atoms with van der Waals surface area (Å²) in [5, 5.41) is 11.1. The molecule has 0 radical (unpaired) electrons. The highest BCUT2D eigenvalue weighted by Crippen LogP contribution is 2.26.